The zero-order chi connectivity index (χ0) is 6.20. The molecule has 0 amide bonds. The lowest BCUT2D eigenvalue weighted by Crippen LogP contribution is -2.10. The SMILES string of the molecule is CCC1(C)OC1CO. The molecule has 0 radical (unpaired) electrons. The summed E-state index contributed by atoms with van der Waals surface area (Å²) in [6, 6.07) is 0. The van der Waals surface area contributed by atoms with E-state index >= 15 is 0 Å². The van der Waals surface area contributed by atoms with Crippen LogP contribution in [0.2, 0.25) is 0 Å². The summed E-state index contributed by atoms with van der Waals surface area (Å²) in [4.78, 5) is 0. The maximum Gasteiger partial charge on any atom is 0.110 e. The van der Waals surface area contributed by atoms with Crippen molar-refractivity contribution in [1.29, 1.82) is 0 Å². The topological polar surface area (TPSA) is 32.8 Å². The van der Waals surface area contributed by atoms with Gasteiger partial charge in [-0.15, -0.1) is 0 Å². The van der Waals surface area contributed by atoms with Gasteiger partial charge in [0.25, 0.3) is 0 Å². The van der Waals surface area contributed by atoms with Crippen molar-refractivity contribution in [3.8, 4) is 0 Å². The number of hydrogen-bond donors (Lipinski definition) is 1. The Labute approximate surface area is 49.5 Å². The molecule has 2 atom stereocenters. The molecule has 2 nitrogen and oxygen atoms in total. The van der Waals surface area contributed by atoms with Gasteiger partial charge in [-0.2, -0.15) is 0 Å². The predicted octanol–water partition coefficient (Wildman–Crippen LogP) is 0.546. The Bertz CT molecular complexity index is 92.5. The molecule has 0 saturated carbocycles. The van der Waals surface area contributed by atoms with Crippen molar-refractivity contribution >= 4 is 0 Å². The molecule has 0 bridgehead atoms. The largest absolute Gasteiger partial charge is 0.394 e. The quantitative estimate of drug-likeness (QED) is 0.534. The third kappa shape index (κ3) is 0.740. The van der Waals surface area contributed by atoms with Gasteiger partial charge < -0.3 is 9.84 Å². The van der Waals surface area contributed by atoms with E-state index in [1.54, 1.807) is 0 Å². The molecule has 1 saturated heterocycles. The van der Waals surface area contributed by atoms with E-state index in [9.17, 15) is 0 Å². The maximum absolute atomic E-state index is 8.55. The molecule has 1 heterocycles. The van der Waals surface area contributed by atoms with Gasteiger partial charge in [-0.1, -0.05) is 6.92 Å². The summed E-state index contributed by atoms with van der Waals surface area (Å²) in [6.45, 7) is 4.26. The van der Waals surface area contributed by atoms with Gasteiger partial charge in [0.05, 0.1) is 12.2 Å². The minimum Gasteiger partial charge on any atom is -0.394 e. The summed E-state index contributed by atoms with van der Waals surface area (Å²) in [7, 11) is 0. The maximum atomic E-state index is 8.55. The molecule has 1 fully saturated rings. The minimum atomic E-state index is 0.00868. The fourth-order valence-corrected chi connectivity index (χ4v) is 0.832. The summed E-state index contributed by atoms with van der Waals surface area (Å²) in [6.07, 6.45) is 1.12. The molecular weight excluding hydrogens is 104 g/mol. The standard InChI is InChI=1S/C6H12O2/c1-3-6(2)5(4-7)8-6/h5,7H,3-4H2,1-2H3. The third-order valence-electron chi connectivity index (χ3n) is 1.90. The van der Waals surface area contributed by atoms with E-state index in [1.807, 2.05) is 6.92 Å². The summed E-state index contributed by atoms with van der Waals surface area (Å²) in [5.41, 5.74) is 0.00868. The molecule has 0 spiro atoms. The average molecular weight is 116 g/mol. The van der Waals surface area contributed by atoms with E-state index < -0.39 is 0 Å². The highest BCUT2D eigenvalue weighted by atomic mass is 16.6. The van der Waals surface area contributed by atoms with Crippen LogP contribution in [0.15, 0.2) is 0 Å². The van der Waals surface area contributed by atoms with E-state index in [0.29, 0.717) is 0 Å². The molecule has 1 aliphatic heterocycles. The Hall–Kier alpha value is -0.0800. The minimum absolute atomic E-state index is 0.00868. The van der Waals surface area contributed by atoms with Crippen LogP contribution in [-0.4, -0.2) is 23.4 Å². The van der Waals surface area contributed by atoms with Crippen molar-refractivity contribution in [2.24, 2.45) is 0 Å². The second-order valence-corrected chi connectivity index (χ2v) is 2.46. The van der Waals surface area contributed by atoms with Crippen LogP contribution in [0.5, 0.6) is 0 Å². The third-order valence-corrected chi connectivity index (χ3v) is 1.90. The van der Waals surface area contributed by atoms with E-state index in [1.165, 1.54) is 0 Å². The number of aliphatic hydroxyl groups is 1. The molecule has 1 rings (SSSR count). The summed E-state index contributed by atoms with van der Waals surface area (Å²) in [5.74, 6) is 0. The van der Waals surface area contributed by atoms with Crippen molar-refractivity contribution in [2.45, 2.75) is 32.0 Å². The Morgan fingerprint density at radius 3 is 2.50 bits per heavy atom. The lowest BCUT2D eigenvalue weighted by atomic mass is 10.1. The first kappa shape index (κ1) is 6.05. The molecule has 0 aliphatic carbocycles. The normalized spacial score (nSPS) is 44.6. The van der Waals surface area contributed by atoms with Gasteiger partial charge in [0, 0.05) is 0 Å². The van der Waals surface area contributed by atoms with Crippen LogP contribution in [0.3, 0.4) is 0 Å². The zero-order valence-corrected chi connectivity index (χ0v) is 5.35. The second kappa shape index (κ2) is 1.71. The van der Waals surface area contributed by atoms with Gasteiger partial charge in [0.1, 0.15) is 6.10 Å². The van der Waals surface area contributed by atoms with Gasteiger partial charge >= 0.3 is 0 Å². The summed E-state index contributed by atoms with van der Waals surface area (Å²) < 4.78 is 5.15. The van der Waals surface area contributed by atoms with Crippen molar-refractivity contribution in [1.82, 2.24) is 0 Å². The molecule has 1 aliphatic rings. The van der Waals surface area contributed by atoms with Crippen LogP contribution >= 0.6 is 0 Å². The summed E-state index contributed by atoms with van der Waals surface area (Å²) >= 11 is 0. The predicted molar refractivity (Wildman–Crippen MR) is 30.7 cm³/mol. The molecule has 2 unspecified atom stereocenters. The van der Waals surface area contributed by atoms with E-state index in [2.05, 4.69) is 6.92 Å². The van der Waals surface area contributed by atoms with Crippen LogP contribution in [0, 0.1) is 0 Å². The number of rotatable bonds is 2. The Kier molecular flexibility index (Phi) is 1.29. The average Bonchev–Trinajstić information content (AvgIpc) is 2.44. The van der Waals surface area contributed by atoms with E-state index in [-0.39, 0.29) is 18.3 Å². The molecule has 1 N–H and O–H groups in total. The zero-order valence-electron chi connectivity index (χ0n) is 5.35. The molecule has 0 aromatic carbocycles. The highest BCUT2D eigenvalue weighted by molar-refractivity contribution is 4.97. The highest BCUT2D eigenvalue weighted by Crippen LogP contribution is 2.38. The Balaban J connectivity index is 2.31. The van der Waals surface area contributed by atoms with Gasteiger partial charge in [0.15, 0.2) is 0 Å². The smallest absolute Gasteiger partial charge is 0.110 e. The van der Waals surface area contributed by atoms with Crippen molar-refractivity contribution < 1.29 is 9.84 Å². The van der Waals surface area contributed by atoms with E-state index in [0.717, 1.165) is 6.42 Å². The fraction of sp³-hybridized carbons (Fsp3) is 1.00. The lowest BCUT2D eigenvalue weighted by molar-refractivity contribution is 0.236. The number of aliphatic hydroxyl groups excluding tert-OH is 1. The number of ether oxygens (including phenoxy) is 1. The first-order valence-electron chi connectivity index (χ1n) is 3.01. The van der Waals surface area contributed by atoms with Gasteiger partial charge in [-0.3, -0.25) is 0 Å². The van der Waals surface area contributed by atoms with Crippen LogP contribution in [-0.2, 0) is 4.74 Å². The molecular formula is C6H12O2. The van der Waals surface area contributed by atoms with E-state index in [4.69, 9.17) is 9.84 Å². The summed E-state index contributed by atoms with van der Waals surface area (Å²) in [5, 5.41) is 8.55. The van der Waals surface area contributed by atoms with Gasteiger partial charge in [-0.05, 0) is 13.3 Å². The molecule has 48 valence electrons. The molecule has 8 heavy (non-hydrogen) atoms. The molecule has 2 heteroatoms. The second-order valence-electron chi connectivity index (χ2n) is 2.46. The van der Waals surface area contributed by atoms with Crippen molar-refractivity contribution in [3.63, 3.8) is 0 Å². The fourth-order valence-electron chi connectivity index (χ4n) is 0.832. The Morgan fingerprint density at radius 2 is 2.38 bits per heavy atom. The first-order valence-corrected chi connectivity index (χ1v) is 3.01. The number of hydrogen-bond acceptors (Lipinski definition) is 2. The molecule has 0 aromatic heterocycles. The van der Waals surface area contributed by atoms with Crippen LogP contribution in [0.25, 0.3) is 0 Å². The molecule has 0 aromatic rings. The monoisotopic (exact) mass is 116 g/mol. The van der Waals surface area contributed by atoms with Crippen molar-refractivity contribution in [3.05, 3.63) is 0 Å². The number of epoxide rings is 1. The van der Waals surface area contributed by atoms with Crippen LogP contribution in [0.1, 0.15) is 20.3 Å². The van der Waals surface area contributed by atoms with Crippen LogP contribution < -0.4 is 0 Å². The highest BCUT2D eigenvalue weighted by Gasteiger charge is 2.49. The van der Waals surface area contributed by atoms with Gasteiger partial charge in [0.2, 0.25) is 0 Å². The first-order chi connectivity index (χ1) is 3.73. The lowest BCUT2D eigenvalue weighted by Gasteiger charge is -1.96. The Morgan fingerprint density at radius 1 is 1.75 bits per heavy atom. The van der Waals surface area contributed by atoms with Gasteiger partial charge in [-0.25, -0.2) is 0 Å². The van der Waals surface area contributed by atoms with Crippen LogP contribution in [0.4, 0.5) is 0 Å². The van der Waals surface area contributed by atoms with Crippen molar-refractivity contribution in [2.75, 3.05) is 6.61 Å².